The van der Waals surface area contributed by atoms with Crippen molar-refractivity contribution < 1.29 is 14.3 Å². The quantitative estimate of drug-likeness (QED) is 0.447. The molecule has 0 aliphatic heterocycles. The molecule has 2 aromatic carbocycles. The number of nitrogens with one attached hydrogen (secondary N) is 1. The molecular weight excluding hydrogens is 402 g/mol. The van der Waals surface area contributed by atoms with Gasteiger partial charge in [0.05, 0.1) is 25.5 Å². The molecule has 0 aliphatic carbocycles. The van der Waals surface area contributed by atoms with Crippen LogP contribution in [0.4, 0.5) is 11.6 Å². The normalized spacial score (nSPS) is 10.5. The Morgan fingerprint density at radius 1 is 1.21 bits per heavy atom. The first-order valence-corrected chi connectivity index (χ1v) is 8.94. The van der Waals surface area contributed by atoms with E-state index in [9.17, 15) is 4.79 Å². The van der Waals surface area contributed by atoms with Gasteiger partial charge in [0.15, 0.2) is 5.78 Å². The number of nitrogens with two attached hydrogens (primary N) is 1. The topological polar surface area (TPSA) is 96.3 Å². The number of ether oxygens (including phenoxy) is 2. The number of nitrogen functional groups attached to an aromatic ring is 1. The van der Waals surface area contributed by atoms with Gasteiger partial charge in [-0.25, -0.2) is 4.68 Å². The monoisotopic (exact) mass is 419 g/mol. The second-order valence-corrected chi connectivity index (χ2v) is 6.54. The number of nitrogens with zero attached hydrogens (tertiary/aromatic N) is 3. The molecule has 0 amide bonds. The Kier molecular flexibility index (Phi) is 5.86. The largest absolute Gasteiger partial charge is 0.497 e. The predicted molar refractivity (Wildman–Crippen MR) is 110 cm³/mol. The molecular formula is C18H18ClN5O3S. The molecule has 0 atom stereocenters. The van der Waals surface area contributed by atoms with Crippen LogP contribution in [-0.4, -0.2) is 34.5 Å². The van der Waals surface area contributed by atoms with Crippen molar-refractivity contribution in [3.05, 3.63) is 57.8 Å². The van der Waals surface area contributed by atoms with E-state index >= 15 is 0 Å². The Balaban J connectivity index is 1.84. The molecule has 0 fully saturated rings. The first-order valence-electron chi connectivity index (χ1n) is 8.16. The molecule has 3 rings (SSSR count). The van der Waals surface area contributed by atoms with E-state index < -0.39 is 0 Å². The molecule has 28 heavy (non-hydrogen) atoms. The number of hydrogen-bond donors (Lipinski definition) is 2. The molecule has 1 aromatic heterocycles. The highest BCUT2D eigenvalue weighted by Gasteiger charge is 2.17. The minimum Gasteiger partial charge on any atom is -0.497 e. The van der Waals surface area contributed by atoms with E-state index in [4.69, 9.17) is 39.0 Å². The summed E-state index contributed by atoms with van der Waals surface area (Å²) < 4.78 is 13.4. The molecule has 0 spiro atoms. The van der Waals surface area contributed by atoms with Gasteiger partial charge in [-0.2, -0.15) is 4.68 Å². The number of aromatic nitrogens is 3. The predicted octanol–water partition coefficient (Wildman–Crippen LogP) is 3.42. The van der Waals surface area contributed by atoms with Crippen LogP contribution in [-0.2, 0) is 6.54 Å². The third kappa shape index (κ3) is 4.10. The zero-order chi connectivity index (χ0) is 20.3. The van der Waals surface area contributed by atoms with E-state index in [-0.39, 0.29) is 23.0 Å². The van der Waals surface area contributed by atoms with E-state index in [2.05, 4.69) is 10.5 Å². The van der Waals surface area contributed by atoms with Crippen molar-refractivity contribution in [2.45, 2.75) is 6.54 Å². The van der Waals surface area contributed by atoms with E-state index in [1.54, 1.807) is 49.6 Å². The van der Waals surface area contributed by atoms with E-state index in [1.165, 1.54) is 16.5 Å². The smallest absolute Gasteiger partial charge is 0.240 e. The highest BCUT2D eigenvalue weighted by Crippen LogP contribution is 2.24. The van der Waals surface area contributed by atoms with Crippen LogP contribution in [0.3, 0.4) is 0 Å². The van der Waals surface area contributed by atoms with Crippen LogP contribution in [0.1, 0.15) is 10.4 Å². The second kappa shape index (κ2) is 8.32. The molecule has 1 heterocycles. The zero-order valence-corrected chi connectivity index (χ0v) is 16.8. The minimum atomic E-state index is -0.260. The van der Waals surface area contributed by atoms with Crippen LogP contribution in [0, 0.1) is 4.77 Å². The van der Waals surface area contributed by atoms with Crippen molar-refractivity contribution in [3.63, 3.8) is 0 Å². The first kappa shape index (κ1) is 19.7. The highest BCUT2D eigenvalue weighted by molar-refractivity contribution is 7.71. The molecule has 0 saturated heterocycles. The van der Waals surface area contributed by atoms with Crippen molar-refractivity contribution in [2.75, 3.05) is 25.4 Å². The Morgan fingerprint density at radius 3 is 2.57 bits per heavy atom. The van der Waals surface area contributed by atoms with Gasteiger partial charge in [0.1, 0.15) is 18.0 Å². The average molecular weight is 420 g/mol. The summed E-state index contributed by atoms with van der Waals surface area (Å²) in [4.78, 5) is 12.7. The maximum atomic E-state index is 12.7. The summed E-state index contributed by atoms with van der Waals surface area (Å²) in [5.41, 5.74) is 10.1. The SMILES string of the molecule is COc1ccc(Nn2c(N)nn(CC(=O)c3cc(Cl)ccc3OC)c2=S)cc1. The summed E-state index contributed by atoms with van der Waals surface area (Å²) >= 11 is 11.4. The number of carbonyl (C=O) groups is 1. The summed E-state index contributed by atoms with van der Waals surface area (Å²) in [7, 11) is 3.07. The Morgan fingerprint density at radius 2 is 1.93 bits per heavy atom. The van der Waals surface area contributed by atoms with Gasteiger partial charge in [0.25, 0.3) is 0 Å². The number of carbonyl (C=O) groups excluding carboxylic acids is 1. The van der Waals surface area contributed by atoms with Crippen LogP contribution in [0.25, 0.3) is 0 Å². The third-order valence-electron chi connectivity index (χ3n) is 3.95. The van der Waals surface area contributed by atoms with Gasteiger partial charge in [0, 0.05) is 5.02 Å². The maximum Gasteiger partial charge on any atom is 0.240 e. The summed E-state index contributed by atoms with van der Waals surface area (Å²) in [5, 5.41) is 4.58. The summed E-state index contributed by atoms with van der Waals surface area (Å²) in [6, 6.07) is 12.0. The zero-order valence-electron chi connectivity index (χ0n) is 15.2. The van der Waals surface area contributed by atoms with Gasteiger partial charge < -0.3 is 15.2 Å². The van der Waals surface area contributed by atoms with Gasteiger partial charge in [0.2, 0.25) is 10.7 Å². The Hall–Kier alpha value is -3.04. The first-order chi connectivity index (χ1) is 13.4. The van der Waals surface area contributed by atoms with Crippen LogP contribution in [0.15, 0.2) is 42.5 Å². The molecule has 3 aromatic rings. The number of benzene rings is 2. The highest BCUT2D eigenvalue weighted by atomic mass is 35.5. The molecule has 0 aliphatic rings. The minimum absolute atomic E-state index is 0.114. The molecule has 0 radical (unpaired) electrons. The second-order valence-electron chi connectivity index (χ2n) is 5.74. The number of ketones is 1. The fraction of sp³-hybridized carbons (Fsp3) is 0.167. The lowest BCUT2D eigenvalue weighted by Gasteiger charge is -2.09. The molecule has 3 N–H and O–H groups in total. The number of rotatable bonds is 7. The standard InChI is InChI=1S/C18H18ClN5O3S/c1-26-13-6-4-12(5-7-13)21-24-17(20)22-23(18(24)28)10-15(25)14-9-11(19)3-8-16(14)27-2/h3-9,21H,10H2,1-2H3,(H2,20,22). The fourth-order valence-corrected chi connectivity index (χ4v) is 2.96. The van der Waals surface area contributed by atoms with E-state index in [0.29, 0.717) is 16.3 Å². The van der Waals surface area contributed by atoms with Crippen LogP contribution < -0.4 is 20.6 Å². The van der Waals surface area contributed by atoms with Crippen LogP contribution in [0.2, 0.25) is 5.02 Å². The Labute approximate surface area is 171 Å². The molecule has 146 valence electrons. The van der Waals surface area contributed by atoms with Crippen LogP contribution in [0.5, 0.6) is 11.5 Å². The number of anilines is 2. The lowest BCUT2D eigenvalue weighted by atomic mass is 10.1. The lowest BCUT2D eigenvalue weighted by Crippen LogP contribution is -2.15. The number of methoxy groups -OCH3 is 2. The molecule has 8 nitrogen and oxygen atoms in total. The van der Waals surface area contributed by atoms with E-state index in [0.717, 1.165) is 11.4 Å². The molecule has 0 saturated carbocycles. The van der Waals surface area contributed by atoms with Gasteiger partial charge in [-0.3, -0.25) is 10.2 Å². The Bertz CT molecular complexity index is 1060. The molecule has 10 heteroatoms. The summed E-state index contributed by atoms with van der Waals surface area (Å²) in [6.07, 6.45) is 0. The van der Waals surface area contributed by atoms with Gasteiger partial charge in [-0.1, -0.05) is 11.6 Å². The average Bonchev–Trinajstić information content (AvgIpc) is 2.95. The maximum absolute atomic E-state index is 12.7. The molecule has 0 unspecified atom stereocenters. The van der Waals surface area contributed by atoms with Gasteiger partial charge in [-0.05, 0) is 54.7 Å². The van der Waals surface area contributed by atoms with Crippen molar-refractivity contribution >= 4 is 41.2 Å². The van der Waals surface area contributed by atoms with E-state index in [1.807, 2.05) is 0 Å². The van der Waals surface area contributed by atoms with Crippen molar-refractivity contribution in [1.82, 2.24) is 14.5 Å². The summed E-state index contributed by atoms with van der Waals surface area (Å²) in [5.74, 6) is 1.000. The lowest BCUT2D eigenvalue weighted by molar-refractivity contribution is 0.0964. The molecule has 0 bridgehead atoms. The van der Waals surface area contributed by atoms with Crippen molar-refractivity contribution in [3.8, 4) is 11.5 Å². The van der Waals surface area contributed by atoms with Crippen molar-refractivity contribution in [2.24, 2.45) is 0 Å². The van der Waals surface area contributed by atoms with Gasteiger partial charge in [-0.15, -0.1) is 5.10 Å². The van der Waals surface area contributed by atoms with Crippen molar-refractivity contribution in [1.29, 1.82) is 0 Å². The number of hydrogen-bond acceptors (Lipinski definition) is 7. The van der Waals surface area contributed by atoms with Gasteiger partial charge >= 0.3 is 0 Å². The van der Waals surface area contributed by atoms with Crippen LogP contribution >= 0.6 is 23.8 Å². The number of halogens is 1. The number of Topliss-reactive ketones (excluding diaryl/α,β-unsaturated/α-hetero) is 1. The fourth-order valence-electron chi connectivity index (χ4n) is 2.55. The summed E-state index contributed by atoms with van der Waals surface area (Å²) in [6.45, 7) is -0.114. The third-order valence-corrected chi connectivity index (χ3v) is 4.58.